The first-order valence-corrected chi connectivity index (χ1v) is 7.55. The molecule has 1 aliphatic rings. The molecule has 0 saturated heterocycles. The number of hydrogen-bond acceptors (Lipinski definition) is 3. The lowest BCUT2D eigenvalue weighted by Crippen LogP contribution is -2.41. The molecule has 0 radical (unpaired) electrons. The molecular formula is C14H22BrN3. The molecule has 0 unspecified atom stereocenters. The van der Waals surface area contributed by atoms with Gasteiger partial charge in [0.05, 0.1) is 0 Å². The number of nitrogens with zero attached hydrogens (tertiary/aromatic N) is 2. The summed E-state index contributed by atoms with van der Waals surface area (Å²) in [5.74, 6) is 1.13. The van der Waals surface area contributed by atoms with Crippen molar-refractivity contribution >= 4 is 21.7 Å². The Hall–Kier alpha value is -0.610. The Morgan fingerprint density at radius 2 is 2.06 bits per heavy atom. The normalized spacial score (nSPS) is 24.0. The molecular weight excluding hydrogens is 290 g/mol. The van der Waals surface area contributed by atoms with Crippen LogP contribution in [0, 0.1) is 6.92 Å². The van der Waals surface area contributed by atoms with Gasteiger partial charge in [-0.05, 0) is 67.1 Å². The molecule has 18 heavy (non-hydrogen) atoms. The van der Waals surface area contributed by atoms with Crippen molar-refractivity contribution < 1.29 is 0 Å². The first-order valence-electron chi connectivity index (χ1n) is 6.76. The van der Waals surface area contributed by atoms with Crippen molar-refractivity contribution in [1.82, 2.24) is 4.98 Å². The lowest BCUT2D eigenvalue weighted by atomic mass is 9.90. The van der Waals surface area contributed by atoms with Crippen LogP contribution in [0.4, 0.5) is 5.82 Å². The fourth-order valence-corrected chi connectivity index (χ4v) is 3.27. The molecule has 100 valence electrons. The maximum Gasteiger partial charge on any atom is 0.131 e. The van der Waals surface area contributed by atoms with Crippen LogP contribution in [0.5, 0.6) is 0 Å². The highest BCUT2D eigenvalue weighted by molar-refractivity contribution is 9.10. The van der Waals surface area contributed by atoms with Gasteiger partial charge < -0.3 is 10.6 Å². The third-order valence-corrected chi connectivity index (χ3v) is 4.25. The van der Waals surface area contributed by atoms with Gasteiger partial charge in [0.15, 0.2) is 0 Å². The Morgan fingerprint density at radius 1 is 1.39 bits per heavy atom. The fourth-order valence-electron chi connectivity index (χ4n) is 2.83. The van der Waals surface area contributed by atoms with Crippen molar-refractivity contribution in [3.8, 4) is 0 Å². The maximum absolute atomic E-state index is 5.99. The molecule has 0 aromatic carbocycles. The highest BCUT2D eigenvalue weighted by atomic mass is 79.9. The molecule has 3 nitrogen and oxygen atoms in total. The zero-order chi connectivity index (χ0) is 13.1. The standard InChI is InChI=1S/C14H22BrN3/c1-3-18(13-6-4-12(16)5-7-13)14-10(2)8-11(15)9-17-14/h8-9,12-13H,3-7,16H2,1-2H3. The van der Waals surface area contributed by atoms with Crippen LogP contribution in [0.1, 0.15) is 38.2 Å². The van der Waals surface area contributed by atoms with Crippen molar-refractivity contribution in [3.05, 3.63) is 22.3 Å². The molecule has 1 saturated carbocycles. The van der Waals surface area contributed by atoms with Crippen molar-refractivity contribution in [2.75, 3.05) is 11.4 Å². The van der Waals surface area contributed by atoms with Crippen LogP contribution in [0.15, 0.2) is 16.7 Å². The average Bonchev–Trinajstić information content (AvgIpc) is 2.35. The summed E-state index contributed by atoms with van der Waals surface area (Å²) < 4.78 is 1.05. The van der Waals surface area contributed by atoms with Gasteiger partial charge >= 0.3 is 0 Å². The molecule has 1 aromatic heterocycles. The van der Waals surface area contributed by atoms with Gasteiger partial charge in [-0.2, -0.15) is 0 Å². The smallest absolute Gasteiger partial charge is 0.131 e. The lowest BCUT2D eigenvalue weighted by Gasteiger charge is -2.37. The van der Waals surface area contributed by atoms with Crippen LogP contribution in [-0.4, -0.2) is 23.6 Å². The SMILES string of the molecule is CCN(c1ncc(Br)cc1C)C1CCC(N)CC1. The number of hydrogen-bond donors (Lipinski definition) is 1. The van der Waals surface area contributed by atoms with E-state index in [0.717, 1.165) is 29.7 Å². The number of anilines is 1. The topological polar surface area (TPSA) is 42.2 Å². The van der Waals surface area contributed by atoms with E-state index in [1.807, 2.05) is 6.20 Å². The van der Waals surface area contributed by atoms with Gasteiger partial charge in [-0.1, -0.05) is 0 Å². The molecule has 0 amide bonds. The summed E-state index contributed by atoms with van der Waals surface area (Å²) in [6.45, 7) is 5.34. The summed E-state index contributed by atoms with van der Waals surface area (Å²) in [4.78, 5) is 7.03. The highest BCUT2D eigenvalue weighted by Crippen LogP contribution is 2.28. The van der Waals surface area contributed by atoms with Gasteiger partial charge in [0, 0.05) is 29.3 Å². The summed E-state index contributed by atoms with van der Waals surface area (Å²) in [5, 5.41) is 0. The summed E-state index contributed by atoms with van der Waals surface area (Å²) >= 11 is 3.47. The van der Waals surface area contributed by atoms with Crippen LogP contribution in [-0.2, 0) is 0 Å². The van der Waals surface area contributed by atoms with Gasteiger partial charge in [-0.25, -0.2) is 4.98 Å². The molecule has 0 aliphatic heterocycles. The highest BCUT2D eigenvalue weighted by Gasteiger charge is 2.25. The minimum atomic E-state index is 0.402. The van der Waals surface area contributed by atoms with Gasteiger partial charge in [0.25, 0.3) is 0 Å². The van der Waals surface area contributed by atoms with Crippen LogP contribution >= 0.6 is 15.9 Å². The predicted molar refractivity (Wildman–Crippen MR) is 79.9 cm³/mol. The molecule has 1 fully saturated rings. The number of aromatic nitrogens is 1. The van der Waals surface area contributed by atoms with E-state index in [4.69, 9.17) is 5.73 Å². The van der Waals surface area contributed by atoms with E-state index in [2.05, 4.69) is 45.7 Å². The first kappa shape index (κ1) is 13.8. The molecule has 0 bridgehead atoms. The summed E-state index contributed by atoms with van der Waals surface area (Å²) in [7, 11) is 0. The summed E-state index contributed by atoms with van der Waals surface area (Å²) in [6, 6.07) is 3.14. The Balaban J connectivity index is 2.17. The first-order chi connectivity index (χ1) is 8.61. The average molecular weight is 312 g/mol. The van der Waals surface area contributed by atoms with Gasteiger partial charge in [-0.15, -0.1) is 0 Å². The van der Waals surface area contributed by atoms with Crippen molar-refractivity contribution in [2.45, 2.75) is 51.6 Å². The van der Waals surface area contributed by atoms with Gasteiger partial charge in [-0.3, -0.25) is 0 Å². The van der Waals surface area contributed by atoms with Crippen LogP contribution in [0.25, 0.3) is 0 Å². The largest absolute Gasteiger partial charge is 0.354 e. The zero-order valence-corrected chi connectivity index (χ0v) is 12.8. The van der Waals surface area contributed by atoms with E-state index < -0.39 is 0 Å². The van der Waals surface area contributed by atoms with Crippen LogP contribution in [0.3, 0.4) is 0 Å². The van der Waals surface area contributed by atoms with Crippen molar-refractivity contribution in [3.63, 3.8) is 0 Å². The Kier molecular flexibility index (Phi) is 4.62. The monoisotopic (exact) mass is 311 g/mol. The molecule has 1 aromatic rings. The Labute approximate surface area is 118 Å². The molecule has 1 aliphatic carbocycles. The minimum absolute atomic E-state index is 0.402. The zero-order valence-electron chi connectivity index (χ0n) is 11.2. The molecule has 0 atom stereocenters. The summed E-state index contributed by atoms with van der Waals surface area (Å²) in [5.41, 5.74) is 7.22. The summed E-state index contributed by atoms with van der Waals surface area (Å²) in [6.07, 6.45) is 6.53. The Morgan fingerprint density at radius 3 is 2.61 bits per heavy atom. The van der Waals surface area contributed by atoms with Gasteiger partial charge in [0.2, 0.25) is 0 Å². The molecule has 0 spiro atoms. The van der Waals surface area contributed by atoms with E-state index >= 15 is 0 Å². The fraction of sp³-hybridized carbons (Fsp3) is 0.643. The quantitative estimate of drug-likeness (QED) is 0.931. The van der Waals surface area contributed by atoms with Gasteiger partial charge in [0.1, 0.15) is 5.82 Å². The number of nitrogens with two attached hydrogens (primary N) is 1. The number of halogens is 1. The van der Waals surface area contributed by atoms with Crippen molar-refractivity contribution in [1.29, 1.82) is 0 Å². The lowest BCUT2D eigenvalue weighted by molar-refractivity contribution is 0.376. The van der Waals surface area contributed by atoms with E-state index in [9.17, 15) is 0 Å². The van der Waals surface area contributed by atoms with Crippen LogP contribution in [0.2, 0.25) is 0 Å². The van der Waals surface area contributed by atoms with E-state index in [0.29, 0.717) is 12.1 Å². The van der Waals surface area contributed by atoms with Crippen LogP contribution < -0.4 is 10.6 Å². The second-order valence-corrected chi connectivity index (χ2v) is 6.06. The number of rotatable bonds is 3. The predicted octanol–water partition coefficient (Wildman–Crippen LogP) is 3.25. The molecule has 2 rings (SSSR count). The Bertz CT molecular complexity index is 400. The third-order valence-electron chi connectivity index (χ3n) is 3.81. The number of pyridine rings is 1. The van der Waals surface area contributed by atoms with Crippen molar-refractivity contribution in [2.24, 2.45) is 5.73 Å². The molecule has 4 heteroatoms. The van der Waals surface area contributed by atoms with E-state index in [1.165, 1.54) is 18.4 Å². The third kappa shape index (κ3) is 3.04. The number of aryl methyl sites for hydroxylation is 1. The molecule has 2 N–H and O–H groups in total. The minimum Gasteiger partial charge on any atom is -0.354 e. The van der Waals surface area contributed by atoms with E-state index in [1.54, 1.807) is 0 Å². The molecule has 1 heterocycles. The van der Waals surface area contributed by atoms with E-state index in [-0.39, 0.29) is 0 Å². The maximum atomic E-state index is 5.99. The second kappa shape index (κ2) is 6.02. The second-order valence-electron chi connectivity index (χ2n) is 5.15.